The van der Waals surface area contributed by atoms with Crippen molar-refractivity contribution in [2.75, 3.05) is 13.7 Å². The van der Waals surface area contributed by atoms with E-state index in [1.54, 1.807) is 13.0 Å². The number of benzene rings is 2. The number of aromatic hydroxyl groups is 2. The van der Waals surface area contributed by atoms with Crippen LogP contribution in [-0.2, 0) is 0 Å². The van der Waals surface area contributed by atoms with Crippen LogP contribution >= 0.6 is 0 Å². The predicted octanol–water partition coefficient (Wildman–Crippen LogP) is 3.00. The van der Waals surface area contributed by atoms with Crippen LogP contribution in [0.1, 0.15) is 68.3 Å². The molecule has 0 amide bonds. The maximum atomic E-state index is 13.1. The van der Waals surface area contributed by atoms with Gasteiger partial charge in [-0.25, -0.2) is 0 Å². The van der Waals surface area contributed by atoms with Gasteiger partial charge in [-0.1, -0.05) is 6.42 Å². The highest BCUT2D eigenvalue weighted by Gasteiger charge is 2.38. The molecular formula is C21H21NO5. The third-order valence-corrected chi connectivity index (χ3v) is 5.39. The second-order valence-corrected chi connectivity index (χ2v) is 7.13. The van der Waals surface area contributed by atoms with Crippen molar-refractivity contribution in [3.05, 3.63) is 51.6 Å². The molecule has 1 saturated heterocycles. The van der Waals surface area contributed by atoms with Gasteiger partial charge in [0.25, 0.3) is 0 Å². The summed E-state index contributed by atoms with van der Waals surface area (Å²) in [4.78, 5) is 26.1. The van der Waals surface area contributed by atoms with Gasteiger partial charge >= 0.3 is 0 Å². The molecule has 1 atom stereocenters. The lowest BCUT2D eigenvalue weighted by atomic mass is 9.80. The number of aryl methyl sites for hydroxylation is 1. The molecule has 0 saturated carbocycles. The lowest BCUT2D eigenvalue weighted by Crippen LogP contribution is -2.28. The molecule has 1 aliphatic carbocycles. The van der Waals surface area contributed by atoms with Crippen molar-refractivity contribution < 1.29 is 24.5 Å². The average Bonchev–Trinajstić information content (AvgIpc) is 2.65. The molecule has 1 unspecified atom stereocenters. The van der Waals surface area contributed by atoms with E-state index in [2.05, 4.69) is 5.32 Å². The summed E-state index contributed by atoms with van der Waals surface area (Å²) in [7, 11) is 1.48. The van der Waals surface area contributed by atoms with Crippen LogP contribution in [0.15, 0.2) is 18.2 Å². The molecule has 6 heteroatoms. The Morgan fingerprint density at radius 3 is 2.44 bits per heavy atom. The Morgan fingerprint density at radius 1 is 1.04 bits per heavy atom. The van der Waals surface area contributed by atoms with Crippen molar-refractivity contribution in [2.24, 2.45) is 0 Å². The van der Waals surface area contributed by atoms with E-state index in [1.807, 2.05) is 0 Å². The summed E-state index contributed by atoms with van der Waals surface area (Å²) in [6.07, 6.45) is 2.83. The number of methoxy groups -OCH3 is 1. The summed E-state index contributed by atoms with van der Waals surface area (Å²) >= 11 is 0. The minimum Gasteiger partial charge on any atom is -0.507 e. The topological polar surface area (TPSA) is 95.9 Å². The SMILES string of the molecule is COc1cc2c(c(O)c1C1CCCCN1)C(=O)c1c(O)cc(C)cc1C2=O. The summed E-state index contributed by atoms with van der Waals surface area (Å²) in [6, 6.07) is 4.40. The minimum absolute atomic E-state index is 0.0545. The Balaban J connectivity index is 1.96. The highest BCUT2D eigenvalue weighted by Crippen LogP contribution is 2.45. The summed E-state index contributed by atoms with van der Waals surface area (Å²) in [6.45, 7) is 2.54. The zero-order chi connectivity index (χ0) is 19.3. The molecule has 0 spiro atoms. The van der Waals surface area contributed by atoms with E-state index in [0.29, 0.717) is 16.9 Å². The van der Waals surface area contributed by atoms with E-state index in [9.17, 15) is 19.8 Å². The Labute approximate surface area is 156 Å². The van der Waals surface area contributed by atoms with Gasteiger partial charge in [-0.05, 0) is 50.1 Å². The first kappa shape index (κ1) is 17.5. The number of piperidine rings is 1. The normalized spacial score (nSPS) is 18.8. The number of fused-ring (bicyclic) bond motifs is 2. The van der Waals surface area contributed by atoms with E-state index < -0.39 is 11.6 Å². The van der Waals surface area contributed by atoms with Gasteiger partial charge in [0.2, 0.25) is 5.78 Å². The smallest absolute Gasteiger partial charge is 0.201 e. The third kappa shape index (κ3) is 2.59. The van der Waals surface area contributed by atoms with Crippen molar-refractivity contribution in [1.29, 1.82) is 0 Å². The molecule has 3 N–H and O–H groups in total. The summed E-state index contributed by atoms with van der Waals surface area (Å²) < 4.78 is 5.45. The fourth-order valence-electron chi connectivity index (χ4n) is 4.13. The van der Waals surface area contributed by atoms with Gasteiger partial charge in [0, 0.05) is 17.2 Å². The van der Waals surface area contributed by atoms with Gasteiger partial charge in [-0.15, -0.1) is 0 Å². The van der Waals surface area contributed by atoms with Crippen LogP contribution in [0.5, 0.6) is 17.2 Å². The Bertz CT molecular complexity index is 973. The molecule has 6 nitrogen and oxygen atoms in total. The van der Waals surface area contributed by atoms with Crippen LogP contribution in [-0.4, -0.2) is 35.4 Å². The molecule has 2 aromatic rings. The van der Waals surface area contributed by atoms with Crippen LogP contribution in [0.4, 0.5) is 0 Å². The van der Waals surface area contributed by atoms with E-state index in [0.717, 1.165) is 25.8 Å². The number of ketones is 2. The monoisotopic (exact) mass is 367 g/mol. The summed E-state index contributed by atoms with van der Waals surface area (Å²) in [5, 5.41) is 24.6. The number of rotatable bonds is 2. The first-order chi connectivity index (χ1) is 12.9. The minimum atomic E-state index is -0.547. The fraction of sp³-hybridized carbons (Fsp3) is 0.333. The number of hydrogen-bond acceptors (Lipinski definition) is 6. The molecule has 0 aromatic heterocycles. The second-order valence-electron chi connectivity index (χ2n) is 7.13. The zero-order valence-corrected chi connectivity index (χ0v) is 15.3. The molecule has 0 bridgehead atoms. The van der Waals surface area contributed by atoms with Crippen molar-refractivity contribution in [3.8, 4) is 17.2 Å². The molecule has 1 heterocycles. The highest BCUT2D eigenvalue weighted by molar-refractivity contribution is 6.30. The standard InChI is InChI=1S/C21H21NO5/c1-10-7-11-16(14(23)8-10)20(25)17-12(19(11)24)9-15(27-2)18(21(17)26)13-5-3-4-6-22-13/h7-9,13,22-23,26H,3-6H2,1-2H3. The van der Waals surface area contributed by atoms with Crippen LogP contribution in [0.3, 0.4) is 0 Å². The van der Waals surface area contributed by atoms with Gasteiger partial charge in [0.05, 0.1) is 23.8 Å². The van der Waals surface area contributed by atoms with Gasteiger partial charge in [-0.2, -0.15) is 0 Å². The molecule has 1 aliphatic heterocycles. The number of hydrogen-bond donors (Lipinski definition) is 3. The number of nitrogens with one attached hydrogen (secondary N) is 1. The van der Waals surface area contributed by atoms with Crippen molar-refractivity contribution in [1.82, 2.24) is 5.32 Å². The lowest BCUT2D eigenvalue weighted by molar-refractivity contribution is 0.0973. The second kappa shape index (κ2) is 6.39. The Morgan fingerprint density at radius 2 is 1.78 bits per heavy atom. The molecule has 0 radical (unpaired) electrons. The Kier molecular flexibility index (Phi) is 4.15. The zero-order valence-electron chi connectivity index (χ0n) is 15.3. The summed E-state index contributed by atoms with van der Waals surface area (Å²) in [5.74, 6) is -1.06. The average molecular weight is 367 g/mol. The van der Waals surface area contributed by atoms with E-state index >= 15 is 0 Å². The molecular weight excluding hydrogens is 346 g/mol. The van der Waals surface area contributed by atoms with E-state index in [4.69, 9.17) is 4.74 Å². The van der Waals surface area contributed by atoms with Crippen LogP contribution in [0.25, 0.3) is 0 Å². The van der Waals surface area contributed by atoms with E-state index in [-0.39, 0.29) is 39.8 Å². The van der Waals surface area contributed by atoms with Crippen molar-refractivity contribution in [2.45, 2.75) is 32.2 Å². The molecule has 1 fully saturated rings. The maximum Gasteiger partial charge on any atom is 0.201 e. The van der Waals surface area contributed by atoms with Crippen LogP contribution in [0, 0.1) is 6.92 Å². The fourth-order valence-corrected chi connectivity index (χ4v) is 4.13. The molecule has 2 aromatic carbocycles. The molecule has 2 aliphatic rings. The Hall–Kier alpha value is -2.86. The number of phenolic OH excluding ortho intramolecular Hbond substituents is 2. The first-order valence-corrected chi connectivity index (χ1v) is 9.04. The third-order valence-electron chi connectivity index (χ3n) is 5.39. The largest absolute Gasteiger partial charge is 0.507 e. The quantitative estimate of drug-likeness (QED) is 0.644. The van der Waals surface area contributed by atoms with E-state index in [1.165, 1.54) is 19.2 Å². The van der Waals surface area contributed by atoms with Crippen LogP contribution < -0.4 is 10.1 Å². The highest BCUT2D eigenvalue weighted by atomic mass is 16.5. The predicted molar refractivity (Wildman–Crippen MR) is 99.0 cm³/mol. The molecule has 27 heavy (non-hydrogen) atoms. The van der Waals surface area contributed by atoms with Gasteiger partial charge in [-0.3, -0.25) is 9.59 Å². The van der Waals surface area contributed by atoms with Crippen LogP contribution in [0.2, 0.25) is 0 Å². The summed E-state index contributed by atoms with van der Waals surface area (Å²) in [5.41, 5.74) is 1.31. The number of phenols is 2. The number of carbonyl (C=O) groups excluding carboxylic acids is 2. The molecule has 4 rings (SSSR count). The lowest BCUT2D eigenvalue weighted by Gasteiger charge is -2.28. The van der Waals surface area contributed by atoms with Gasteiger partial charge in [0.1, 0.15) is 17.2 Å². The number of carbonyl (C=O) groups is 2. The van der Waals surface area contributed by atoms with Gasteiger partial charge in [0.15, 0.2) is 5.78 Å². The van der Waals surface area contributed by atoms with Crippen molar-refractivity contribution in [3.63, 3.8) is 0 Å². The van der Waals surface area contributed by atoms with Gasteiger partial charge < -0.3 is 20.3 Å². The first-order valence-electron chi connectivity index (χ1n) is 9.04. The number of ether oxygens (including phenoxy) is 1. The van der Waals surface area contributed by atoms with Crippen molar-refractivity contribution >= 4 is 11.6 Å². The molecule has 140 valence electrons. The maximum absolute atomic E-state index is 13.1.